The highest BCUT2D eigenvalue weighted by Crippen LogP contribution is 2.52. The lowest BCUT2D eigenvalue weighted by molar-refractivity contribution is 0.677. The number of furan rings is 1. The Morgan fingerprint density at radius 2 is 0.649 bits per heavy atom. The minimum atomic E-state index is 0.548. The first-order chi connectivity index (χ1) is 56.5. The van der Waals surface area contributed by atoms with E-state index in [2.05, 4.69) is 346 Å². The number of hydrogen-bond acceptors (Lipinski definition) is 7. The van der Waals surface area contributed by atoms with Gasteiger partial charge >= 0.3 is 0 Å². The van der Waals surface area contributed by atoms with Crippen LogP contribution in [0.4, 0.5) is 0 Å². The zero-order valence-electron chi connectivity index (χ0n) is 61.1. The Balaban J connectivity index is 0.685. The third-order valence-corrected chi connectivity index (χ3v) is 24.1. The normalized spacial score (nSPS) is 12.0. The summed E-state index contributed by atoms with van der Waals surface area (Å²) in [6.07, 6.45) is 0. The Bertz CT molecular complexity index is 8020. The van der Waals surface area contributed by atoms with Crippen molar-refractivity contribution >= 4 is 141 Å². The fourth-order valence-electron chi connectivity index (χ4n) is 18.0. The van der Waals surface area contributed by atoms with Gasteiger partial charge in [0.15, 0.2) is 23.3 Å². The van der Waals surface area contributed by atoms with Crippen LogP contribution in [0.1, 0.15) is 0 Å². The van der Waals surface area contributed by atoms with Crippen LogP contribution in [-0.2, 0) is 0 Å². The van der Waals surface area contributed by atoms with Crippen LogP contribution in [0.15, 0.2) is 374 Å². The standard InChI is InChI=1S/C103H61N9OS/c1-6-27-62(28-7-1)80-59-81(105-100(104-80)64-29-8-2-9-30-64)63-49-51-70(52-50-63)110-82-44-21-16-39-71(82)78-58-79-91(60-89(78)110)114-92-61-90-94(74-40-17-22-45-83(74)111(90)69-37-14-5-15-38-69)93(97(79)92)66-33-26-34-67(57-66)102-106-101(65-31-10-3-11-32-65)107-103(108-102)77-43-20-25-48-86(77)112-85-47-24-19-42-76(85)96-88(112)56-54-73-72-53-55-87-95(98(72)113-99(73)96)75-41-18-23-46-84(75)109(87)68-35-12-4-13-36-68/h1-61H. The molecule has 8 heterocycles. The lowest BCUT2D eigenvalue weighted by atomic mass is 9.93. The first-order valence-corrected chi connectivity index (χ1v) is 39.3. The number of para-hydroxylation sites is 7. The van der Waals surface area contributed by atoms with E-state index in [0.717, 1.165) is 172 Å². The van der Waals surface area contributed by atoms with Gasteiger partial charge in [0, 0.05) is 119 Å². The summed E-state index contributed by atoms with van der Waals surface area (Å²) in [7, 11) is 0. The summed E-state index contributed by atoms with van der Waals surface area (Å²) in [5.74, 6) is 2.36. The molecule has 0 saturated carbocycles. The summed E-state index contributed by atoms with van der Waals surface area (Å²) >= 11 is 1.85. The van der Waals surface area contributed by atoms with Crippen LogP contribution in [0.2, 0.25) is 0 Å². The number of hydrogen-bond donors (Lipinski definition) is 0. The zero-order chi connectivity index (χ0) is 74.6. The molecule has 114 heavy (non-hydrogen) atoms. The molecule has 10 nitrogen and oxygen atoms in total. The first-order valence-electron chi connectivity index (χ1n) is 38.4. The molecule has 0 saturated heterocycles. The molecule has 0 aliphatic rings. The van der Waals surface area contributed by atoms with E-state index in [1.807, 2.05) is 53.8 Å². The molecule has 11 heteroatoms. The van der Waals surface area contributed by atoms with E-state index in [9.17, 15) is 0 Å². The van der Waals surface area contributed by atoms with Gasteiger partial charge in [-0.2, -0.15) is 0 Å². The zero-order valence-corrected chi connectivity index (χ0v) is 61.9. The first kappa shape index (κ1) is 63.7. The fraction of sp³-hybridized carbons (Fsp3) is 0. The Morgan fingerprint density at radius 1 is 0.219 bits per heavy atom. The van der Waals surface area contributed by atoms with Gasteiger partial charge in [0.25, 0.3) is 0 Å². The molecule has 530 valence electrons. The number of aromatic nitrogens is 9. The van der Waals surface area contributed by atoms with E-state index in [-0.39, 0.29) is 0 Å². The van der Waals surface area contributed by atoms with Gasteiger partial charge in [-0.05, 0) is 133 Å². The minimum absolute atomic E-state index is 0.548. The van der Waals surface area contributed by atoms with Crippen LogP contribution in [0.25, 0.3) is 231 Å². The van der Waals surface area contributed by atoms with Gasteiger partial charge in [-0.3, -0.25) is 0 Å². The Hall–Kier alpha value is -15.2. The lowest BCUT2D eigenvalue weighted by Gasteiger charge is -2.15. The molecule has 0 amide bonds. The maximum absolute atomic E-state index is 7.41. The SMILES string of the molecule is c1ccc(-c2cc(-c3ccc(-n4c5ccccc5c5cc6c(cc54)sc4cc5c(c(-c7cccc(-c8nc(-c9ccccc9)nc(-c9ccccc9-n9c%10ccccc%10c%10c%11oc%12c(ccc%13c%12c%12ccccc%12n%13-c%12ccccc%12)c%11ccc%109)n8)c7)c46)c4ccccc4n5-c4ccccc4)cc3)nc(-c3ccccc3)n2)cc1. The highest BCUT2D eigenvalue weighted by Gasteiger charge is 2.28. The molecule has 0 radical (unpaired) electrons. The van der Waals surface area contributed by atoms with E-state index >= 15 is 0 Å². The molecular formula is C103H61N9OS. The Labute approximate surface area is 655 Å². The van der Waals surface area contributed by atoms with Crippen molar-refractivity contribution in [1.29, 1.82) is 0 Å². The maximum atomic E-state index is 7.41. The number of benzene rings is 16. The highest BCUT2D eigenvalue weighted by molar-refractivity contribution is 7.26. The van der Waals surface area contributed by atoms with E-state index < -0.39 is 0 Å². The molecule has 0 spiro atoms. The van der Waals surface area contributed by atoms with E-state index in [0.29, 0.717) is 23.3 Å². The lowest BCUT2D eigenvalue weighted by Crippen LogP contribution is -2.03. The number of fused-ring (bicyclic) bond motifs is 20. The second kappa shape index (κ2) is 25.2. The highest BCUT2D eigenvalue weighted by atomic mass is 32.1. The van der Waals surface area contributed by atoms with Crippen molar-refractivity contribution in [1.82, 2.24) is 43.2 Å². The van der Waals surface area contributed by atoms with Gasteiger partial charge in [-0.15, -0.1) is 11.3 Å². The van der Waals surface area contributed by atoms with Crippen LogP contribution in [0, 0.1) is 0 Å². The summed E-state index contributed by atoms with van der Waals surface area (Å²) in [5.41, 5.74) is 24.2. The molecule has 0 bridgehead atoms. The topological polar surface area (TPSA) is 97.3 Å². The van der Waals surface area contributed by atoms with Gasteiger partial charge in [0.2, 0.25) is 0 Å². The molecule has 24 rings (SSSR count). The third kappa shape index (κ3) is 9.76. The van der Waals surface area contributed by atoms with Crippen LogP contribution >= 0.6 is 11.3 Å². The van der Waals surface area contributed by atoms with Gasteiger partial charge in [0.1, 0.15) is 11.2 Å². The molecular weight excluding hydrogens is 1410 g/mol. The average Bonchev–Trinajstić information content (AvgIpc) is 1.55. The van der Waals surface area contributed by atoms with Gasteiger partial charge in [-0.25, -0.2) is 24.9 Å². The van der Waals surface area contributed by atoms with Crippen molar-refractivity contribution < 1.29 is 4.42 Å². The van der Waals surface area contributed by atoms with Crippen molar-refractivity contribution in [2.45, 2.75) is 0 Å². The van der Waals surface area contributed by atoms with E-state index in [4.69, 9.17) is 29.3 Å². The van der Waals surface area contributed by atoms with Crippen LogP contribution in [-0.4, -0.2) is 43.2 Å². The van der Waals surface area contributed by atoms with Crippen molar-refractivity contribution in [3.05, 3.63) is 370 Å². The summed E-state index contributed by atoms with van der Waals surface area (Å²) in [6, 6.07) is 132. The molecule has 0 atom stereocenters. The number of thiophene rings is 1. The molecule has 8 aromatic heterocycles. The van der Waals surface area contributed by atoms with Crippen molar-refractivity contribution in [2.24, 2.45) is 0 Å². The quantitative estimate of drug-likeness (QED) is 0.128. The third-order valence-electron chi connectivity index (χ3n) is 23.0. The summed E-state index contributed by atoms with van der Waals surface area (Å²) in [5, 5.41) is 13.5. The van der Waals surface area contributed by atoms with Crippen LogP contribution < -0.4 is 0 Å². The molecule has 0 unspecified atom stereocenters. The smallest absolute Gasteiger partial charge is 0.166 e. The molecule has 24 aromatic rings. The van der Waals surface area contributed by atoms with E-state index in [1.54, 1.807) is 0 Å². The van der Waals surface area contributed by atoms with Crippen LogP contribution in [0.5, 0.6) is 0 Å². The minimum Gasteiger partial charge on any atom is -0.455 e. The summed E-state index contributed by atoms with van der Waals surface area (Å²) in [4.78, 5) is 26.9. The monoisotopic (exact) mass is 1470 g/mol. The Morgan fingerprint density at radius 3 is 1.26 bits per heavy atom. The van der Waals surface area contributed by atoms with Crippen molar-refractivity contribution in [3.8, 4) is 102 Å². The van der Waals surface area contributed by atoms with Gasteiger partial charge in [-0.1, -0.05) is 243 Å². The van der Waals surface area contributed by atoms with Gasteiger partial charge < -0.3 is 22.7 Å². The predicted octanol–water partition coefficient (Wildman–Crippen LogP) is 27.0. The van der Waals surface area contributed by atoms with E-state index in [1.165, 1.54) is 36.3 Å². The molecule has 0 fully saturated rings. The average molecular weight is 1470 g/mol. The Kier molecular flexibility index (Phi) is 14.1. The summed E-state index contributed by atoms with van der Waals surface area (Å²) < 4.78 is 19.4. The predicted molar refractivity (Wildman–Crippen MR) is 471 cm³/mol. The van der Waals surface area contributed by atoms with Gasteiger partial charge in [0.05, 0.1) is 72.0 Å². The second-order valence-electron chi connectivity index (χ2n) is 29.4. The second-order valence-corrected chi connectivity index (χ2v) is 30.4. The molecule has 0 aliphatic carbocycles. The largest absolute Gasteiger partial charge is 0.455 e. The fourth-order valence-corrected chi connectivity index (χ4v) is 19.2. The number of nitrogens with zero attached hydrogens (tertiary/aromatic N) is 9. The van der Waals surface area contributed by atoms with Crippen molar-refractivity contribution in [2.75, 3.05) is 0 Å². The molecule has 16 aromatic carbocycles. The van der Waals surface area contributed by atoms with Crippen LogP contribution in [0.3, 0.4) is 0 Å². The maximum Gasteiger partial charge on any atom is 0.166 e. The number of rotatable bonds is 11. The van der Waals surface area contributed by atoms with Crippen molar-refractivity contribution in [3.63, 3.8) is 0 Å². The molecule has 0 aliphatic heterocycles. The molecule has 0 N–H and O–H groups in total. The summed E-state index contributed by atoms with van der Waals surface area (Å²) in [6.45, 7) is 0.